The van der Waals surface area contributed by atoms with E-state index < -0.39 is 0 Å². The molecule has 88 valence electrons. The van der Waals surface area contributed by atoms with E-state index in [0.717, 1.165) is 11.3 Å². The highest BCUT2D eigenvalue weighted by Gasteiger charge is 2.01. The van der Waals surface area contributed by atoms with Crippen molar-refractivity contribution in [3.8, 4) is 11.5 Å². The minimum absolute atomic E-state index is 0.442. The van der Waals surface area contributed by atoms with E-state index in [1.54, 1.807) is 12.4 Å². The van der Waals surface area contributed by atoms with Gasteiger partial charge in [-0.25, -0.2) is 0 Å². The van der Waals surface area contributed by atoms with E-state index in [9.17, 15) is 0 Å². The van der Waals surface area contributed by atoms with Gasteiger partial charge in [0.15, 0.2) is 0 Å². The van der Waals surface area contributed by atoms with Crippen molar-refractivity contribution < 1.29 is 4.74 Å². The summed E-state index contributed by atoms with van der Waals surface area (Å²) in [5.74, 6) is 1.98. The number of aromatic nitrogens is 1. The van der Waals surface area contributed by atoms with Gasteiger partial charge in [0.25, 0.3) is 0 Å². The first-order valence-electron chi connectivity index (χ1n) is 5.44. The van der Waals surface area contributed by atoms with Crippen LogP contribution in [0.5, 0.6) is 11.5 Å². The van der Waals surface area contributed by atoms with Crippen LogP contribution in [-0.2, 0) is 5.88 Å². The highest BCUT2D eigenvalue weighted by molar-refractivity contribution is 6.17. The van der Waals surface area contributed by atoms with Crippen molar-refractivity contribution in [2.75, 3.05) is 0 Å². The lowest BCUT2D eigenvalue weighted by Gasteiger charge is -2.08. The van der Waals surface area contributed by atoms with Crippen molar-refractivity contribution in [2.24, 2.45) is 0 Å². The normalized spacial score (nSPS) is 10.3. The molecule has 1 heterocycles. The van der Waals surface area contributed by atoms with Crippen LogP contribution >= 0.6 is 11.6 Å². The molecule has 0 unspecified atom stereocenters. The Balaban J connectivity index is 2.22. The third-order valence-electron chi connectivity index (χ3n) is 2.64. The lowest BCUT2D eigenvalue weighted by atomic mass is 10.1. The van der Waals surface area contributed by atoms with E-state index in [0.29, 0.717) is 11.6 Å². The summed E-state index contributed by atoms with van der Waals surface area (Å²) in [4.78, 5) is 4.08. The number of nitrogens with zero attached hydrogens (tertiary/aromatic N) is 1. The van der Waals surface area contributed by atoms with Gasteiger partial charge in [-0.15, -0.1) is 11.6 Å². The first-order valence-corrected chi connectivity index (χ1v) is 5.97. The Hall–Kier alpha value is -1.54. The topological polar surface area (TPSA) is 22.1 Å². The third-order valence-corrected chi connectivity index (χ3v) is 2.95. The zero-order valence-electron chi connectivity index (χ0n) is 9.90. The quantitative estimate of drug-likeness (QED) is 0.758. The van der Waals surface area contributed by atoms with Gasteiger partial charge in [-0.05, 0) is 48.7 Å². The number of halogens is 1. The summed E-state index contributed by atoms with van der Waals surface area (Å²) in [6.45, 7) is 4.14. The maximum absolute atomic E-state index is 5.75. The van der Waals surface area contributed by atoms with Crippen LogP contribution in [0.2, 0.25) is 0 Å². The lowest BCUT2D eigenvalue weighted by Crippen LogP contribution is -1.89. The molecule has 0 fully saturated rings. The molecule has 0 spiro atoms. The Kier molecular flexibility index (Phi) is 3.64. The number of hydrogen-bond acceptors (Lipinski definition) is 2. The molecule has 1 aromatic heterocycles. The predicted octanol–water partition coefficient (Wildman–Crippen LogP) is 4.23. The summed E-state index contributed by atoms with van der Waals surface area (Å²) < 4.78 is 5.74. The van der Waals surface area contributed by atoms with Gasteiger partial charge >= 0.3 is 0 Å². The highest BCUT2D eigenvalue weighted by Crippen LogP contribution is 2.23. The van der Waals surface area contributed by atoms with Crippen molar-refractivity contribution in [1.82, 2.24) is 4.98 Å². The first kappa shape index (κ1) is 11.9. The summed E-state index contributed by atoms with van der Waals surface area (Å²) in [6, 6.07) is 7.91. The van der Waals surface area contributed by atoms with Crippen molar-refractivity contribution in [1.29, 1.82) is 0 Å². The second-order valence-electron chi connectivity index (χ2n) is 4.01. The minimum Gasteiger partial charge on any atom is -0.456 e. The van der Waals surface area contributed by atoms with Crippen molar-refractivity contribution in [3.05, 3.63) is 53.3 Å². The van der Waals surface area contributed by atoms with Crippen LogP contribution < -0.4 is 4.74 Å². The Bertz CT molecular complexity index is 525. The maximum atomic E-state index is 5.75. The number of pyridine rings is 1. The molecule has 2 aromatic rings. The van der Waals surface area contributed by atoms with Crippen LogP contribution in [0.3, 0.4) is 0 Å². The van der Waals surface area contributed by atoms with E-state index in [1.807, 2.05) is 24.3 Å². The van der Waals surface area contributed by atoms with Gasteiger partial charge in [0, 0.05) is 12.1 Å². The summed E-state index contributed by atoms with van der Waals surface area (Å²) in [7, 11) is 0. The van der Waals surface area contributed by atoms with Crippen LogP contribution in [0.4, 0.5) is 0 Å². The molecule has 0 aliphatic carbocycles. The minimum atomic E-state index is 0.442. The molecule has 0 radical (unpaired) electrons. The molecule has 0 N–H and O–H groups in total. The summed E-state index contributed by atoms with van der Waals surface area (Å²) in [5.41, 5.74) is 3.42. The maximum Gasteiger partial charge on any atom is 0.146 e. The zero-order chi connectivity index (χ0) is 12.3. The smallest absolute Gasteiger partial charge is 0.146 e. The molecule has 0 aliphatic rings. The number of aryl methyl sites for hydroxylation is 2. The van der Waals surface area contributed by atoms with Gasteiger partial charge in [-0.3, -0.25) is 4.98 Å². The molecule has 0 bridgehead atoms. The number of rotatable bonds is 3. The number of alkyl halides is 1. The molecule has 0 atom stereocenters. The van der Waals surface area contributed by atoms with Crippen LogP contribution in [0.25, 0.3) is 0 Å². The molecule has 0 aliphatic heterocycles. The molecule has 2 nitrogen and oxygen atoms in total. The molecule has 0 amide bonds. The lowest BCUT2D eigenvalue weighted by molar-refractivity contribution is 0.479. The van der Waals surface area contributed by atoms with E-state index >= 15 is 0 Å². The van der Waals surface area contributed by atoms with Crippen LogP contribution in [0, 0.1) is 13.8 Å². The van der Waals surface area contributed by atoms with Crippen molar-refractivity contribution in [3.63, 3.8) is 0 Å². The largest absolute Gasteiger partial charge is 0.456 e. The average Bonchev–Trinajstić information content (AvgIpc) is 2.34. The summed E-state index contributed by atoms with van der Waals surface area (Å²) in [6.07, 6.45) is 3.42. The van der Waals surface area contributed by atoms with Crippen molar-refractivity contribution in [2.45, 2.75) is 19.7 Å². The van der Waals surface area contributed by atoms with Gasteiger partial charge in [0.05, 0.1) is 6.20 Å². The third kappa shape index (κ3) is 2.98. The van der Waals surface area contributed by atoms with Gasteiger partial charge in [0.1, 0.15) is 11.5 Å². The molecular formula is C14H14ClNO. The van der Waals surface area contributed by atoms with Gasteiger partial charge in [-0.1, -0.05) is 6.07 Å². The molecule has 2 rings (SSSR count). The fraction of sp³-hybridized carbons (Fsp3) is 0.214. The van der Waals surface area contributed by atoms with Crippen molar-refractivity contribution >= 4 is 11.6 Å². The predicted molar refractivity (Wildman–Crippen MR) is 69.8 cm³/mol. The molecule has 3 heteroatoms. The summed E-state index contributed by atoms with van der Waals surface area (Å²) in [5, 5.41) is 0. The van der Waals surface area contributed by atoms with Gasteiger partial charge in [-0.2, -0.15) is 0 Å². The standard InChI is InChI=1S/C14H14ClNO/c1-10-3-4-13(5-11(10)2)17-14-6-12(7-15)8-16-9-14/h3-6,8-9H,7H2,1-2H3. The SMILES string of the molecule is Cc1ccc(Oc2cncc(CCl)c2)cc1C. The average molecular weight is 248 g/mol. The van der Waals surface area contributed by atoms with Gasteiger partial charge in [0.2, 0.25) is 0 Å². The van der Waals surface area contributed by atoms with Crippen LogP contribution in [0.1, 0.15) is 16.7 Å². The Labute approximate surface area is 106 Å². The Morgan fingerprint density at radius 2 is 1.88 bits per heavy atom. The van der Waals surface area contributed by atoms with E-state index in [-0.39, 0.29) is 0 Å². The Morgan fingerprint density at radius 1 is 1.06 bits per heavy atom. The Morgan fingerprint density at radius 3 is 2.59 bits per heavy atom. The molecule has 0 saturated heterocycles. The van der Waals surface area contributed by atoms with Gasteiger partial charge < -0.3 is 4.74 Å². The van der Waals surface area contributed by atoms with E-state index in [4.69, 9.17) is 16.3 Å². The molecule has 17 heavy (non-hydrogen) atoms. The van der Waals surface area contributed by atoms with Crippen LogP contribution in [-0.4, -0.2) is 4.98 Å². The monoisotopic (exact) mass is 247 g/mol. The van der Waals surface area contributed by atoms with E-state index in [2.05, 4.69) is 18.8 Å². The number of benzene rings is 1. The second-order valence-corrected chi connectivity index (χ2v) is 4.28. The highest BCUT2D eigenvalue weighted by atomic mass is 35.5. The summed E-state index contributed by atoms with van der Waals surface area (Å²) >= 11 is 5.75. The zero-order valence-corrected chi connectivity index (χ0v) is 10.7. The molecule has 0 saturated carbocycles. The second kappa shape index (κ2) is 5.19. The fourth-order valence-corrected chi connectivity index (χ4v) is 1.65. The fourth-order valence-electron chi connectivity index (χ4n) is 1.51. The molecule has 1 aromatic carbocycles. The molecular weight excluding hydrogens is 234 g/mol. The number of hydrogen-bond donors (Lipinski definition) is 0. The first-order chi connectivity index (χ1) is 8.19. The number of ether oxygens (including phenoxy) is 1. The van der Waals surface area contributed by atoms with E-state index in [1.165, 1.54) is 11.1 Å². The van der Waals surface area contributed by atoms with Crippen LogP contribution in [0.15, 0.2) is 36.7 Å².